The zero-order valence-electron chi connectivity index (χ0n) is 17.3. The third kappa shape index (κ3) is 6.61. The van der Waals surface area contributed by atoms with Crippen molar-refractivity contribution in [3.63, 3.8) is 0 Å². The summed E-state index contributed by atoms with van der Waals surface area (Å²) in [6, 6.07) is 9.67. The molecule has 7 heteroatoms. The van der Waals surface area contributed by atoms with Gasteiger partial charge in [-0.15, -0.1) is 12.4 Å². The van der Waals surface area contributed by atoms with E-state index in [-0.39, 0.29) is 36.2 Å². The van der Waals surface area contributed by atoms with Crippen molar-refractivity contribution in [2.75, 3.05) is 32.8 Å². The highest BCUT2D eigenvalue weighted by Crippen LogP contribution is 2.25. The van der Waals surface area contributed by atoms with Gasteiger partial charge in [0.15, 0.2) is 0 Å². The minimum atomic E-state index is 0. The third-order valence-corrected chi connectivity index (χ3v) is 6.04. The Labute approximate surface area is 180 Å². The highest BCUT2D eigenvalue weighted by molar-refractivity contribution is 5.85. The van der Waals surface area contributed by atoms with Crippen molar-refractivity contribution in [1.82, 2.24) is 9.80 Å². The highest BCUT2D eigenvalue weighted by Gasteiger charge is 2.33. The molecule has 1 aromatic carbocycles. The van der Waals surface area contributed by atoms with Crippen LogP contribution in [0.4, 0.5) is 0 Å². The molecule has 0 aromatic heterocycles. The standard InChI is InChI=1S/C22H33N3O3.ClH/c1-17(23)19-6-5-12-25(16-19)22(27)18-9-13-24(14-10-18)21(26)11-15-28-20-7-3-2-4-8-20;/h2-4,7-8,17-19H,5-6,9-16,23H2,1H3;1H. The molecule has 0 aliphatic carbocycles. The van der Waals surface area contributed by atoms with E-state index in [1.54, 1.807) is 0 Å². The van der Waals surface area contributed by atoms with Gasteiger partial charge in [0.25, 0.3) is 0 Å². The Morgan fingerprint density at radius 3 is 2.45 bits per heavy atom. The number of carbonyl (C=O) groups is 2. The first-order valence-electron chi connectivity index (χ1n) is 10.5. The smallest absolute Gasteiger partial charge is 0.225 e. The lowest BCUT2D eigenvalue weighted by Gasteiger charge is -2.38. The molecule has 2 unspecified atom stereocenters. The van der Waals surface area contributed by atoms with Gasteiger partial charge in [0.1, 0.15) is 5.75 Å². The lowest BCUT2D eigenvalue weighted by Crippen LogP contribution is -2.49. The van der Waals surface area contributed by atoms with Crippen LogP contribution in [0, 0.1) is 11.8 Å². The van der Waals surface area contributed by atoms with Crippen LogP contribution in [0.1, 0.15) is 39.0 Å². The van der Waals surface area contributed by atoms with Crippen LogP contribution in [-0.2, 0) is 9.59 Å². The molecule has 0 spiro atoms. The largest absolute Gasteiger partial charge is 0.493 e. The predicted octanol–water partition coefficient (Wildman–Crippen LogP) is 2.70. The topological polar surface area (TPSA) is 75.9 Å². The Kier molecular flexibility index (Phi) is 9.24. The zero-order chi connectivity index (χ0) is 19.9. The quantitative estimate of drug-likeness (QED) is 0.763. The van der Waals surface area contributed by atoms with Gasteiger partial charge in [0.2, 0.25) is 11.8 Å². The lowest BCUT2D eigenvalue weighted by atomic mass is 9.89. The number of likely N-dealkylation sites (tertiary alicyclic amines) is 2. The summed E-state index contributed by atoms with van der Waals surface area (Å²) in [5, 5.41) is 0. The van der Waals surface area contributed by atoms with E-state index < -0.39 is 0 Å². The van der Waals surface area contributed by atoms with E-state index in [1.807, 2.05) is 47.1 Å². The van der Waals surface area contributed by atoms with Crippen LogP contribution < -0.4 is 10.5 Å². The van der Waals surface area contributed by atoms with Crippen LogP contribution in [0.5, 0.6) is 5.75 Å². The fraction of sp³-hybridized carbons (Fsp3) is 0.636. The van der Waals surface area contributed by atoms with Gasteiger partial charge in [-0.1, -0.05) is 18.2 Å². The average Bonchev–Trinajstić information content (AvgIpc) is 2.74. The van der Waals surface area contributed by atoms with Crippen LogP contribution in [0.15, 0.2) is 30.3 Å². The second kappa shape index (κ2) is 11.4. The van der Waals surface area contributed by atoms with Crippen molar-refractivity contribution >= 4 is 24.2 Å². The molecule has 0 radical (unpaired) electrons. The number of amides is 2. The van der Waals surface area contributed by atoms with Gasteiger partial charge in [-0.3, -0.25) is 9.59 Å². The molecule has 2 fully saturated rings. The molecule has 2 heterocycles. The summed E-state index contributed by atoms with van der Waals surface area (Å²) in [7, 11) is 0. The summed E-state index contributed by atoms with van der Waals surface area (Å²) in [6.07, 6.45) is 4.03. The summed E-state index contributed by atoms with van der Waals surface area (Å²) in [5.41, 5.74) is 6.04. The summed E-state index contributed by atoms with van der Waals surface area (Å²) in [5.74, 6) is 1.59. The number of halogens is 1. The first-order valence-corrected chi connectivity index (χ1v) is 10.5. The predicted molar refractivity (Wildman–Crippen MR) is 116 cm³/mol. The Morgan fingerprint density at radius 1 is 1.10 bits per heavy atom. The summed E-state index contributed by atoms with van der Waals surface area (Å²) < 4.78 is 5.62. The number of ether oxygens (including phenoxy) is 1. The van der Waals surface area contributed by atoms with Crippen LogP contribution >= 0.6 is 12.4 Å². The molecular formula is C22H34ClN3O3. The number of nitrogens with two attached hydrogens (primary N) is 1. The molecule has 2 saturated heterocycles. The maximum Gasteiger partial charge on any atom is 0.225 e. The number of para-hydroxylation sites is 1. The van der Waals surface area contributed by atoms with E-state index in [1.165, 1.54) is 0 Å². The van der Waals surface area contributed by atoms with Gasteiger partial charge in [-0.25, -0.2) is 0 Å². The Morgan fingerprint density at radius 2 is 1.79 bits per heavy atom. The Balaban J connectivity index is 0.00000300. The summed E-state index contributed by atoms with van der Waals surface area (Å²) in [6.45, 7) is 5.36. The first kappa shape index (κ1) is 23.5. The van der Waals surface area contributed by atoms with Gasteiger partial charge in [-0.05, 0) is 50.7 Å². The minimum Gasteiger partial charge on any atom is -0.493 e. The molecule has 162 valence electrons. The SMILES string of the molecule is CC(N)C1CCCN(C(=O)C2CCN(C(=O)CCOc3ccccc3)CC2)C1.Cl. The third-order valence-electron chi connectivity index (χ3n) is 6.04. The van der Waals surface area contributed by atoms with Crippen LogP contribution in [-0.4, -0.2) is 60.4 Å². The van der Waals surface area contributed by atoms with Crippen molar-refractivity contribution in [3.8, 4) is 5.75 Å². The normalized spacial score (nSPS) is 21.2. The van der Waals surface area contributed by atoms with Gasteiger partial charge >= 0.3 is 0 Å². The van der Waals surface area contributed by atoms with Gasteiger partial charge in [-0.2, -0.15) is 0 Å². The van der Waals surface area contributed by atoms with Crippen LogP contribution in [0.3, 0.4) is 0 Å². The molecule has 2 atom stereocenters. The molecule has 2 aliphatic rings. The van der Waals surface area contributed by atoms with Gasteiger partial charge in [0.05, 0.1) is 13.0 Å². The Bertz CT molecular complexity index is 648. The van der Waals surface area contributed by atoms with E-state index >= 15 is 0 Å². The van der Waals surface area contributed by atoms with E-state index in [4.69, 9.17) is 10.5 Å². The van der Waals surface area contributed by atoms with E-state index in [2.05, 4.69) is 0 Å². The first-order chi connectivity index (χ1) is 13.5. The monoisotopic (exact) mass is 423 g/mol. The number of hydrogen-bond donors (Lipinski definition) is 1. The summed E-state index contributed by atoms with van der Waals surface area (Å²) in [4.78, 5) is 29.2. The number of piperidine rings is 2. The second-order valence-corrected chi connectivity index (χ2v) is 8.11. The lowest BCUT2D eigenvalue weighted by molar-refractivity contribution is -0.142. The minimum absolute atomic E-state index is 0. The highest BCUT2D eigenvalue weighted by atomic mass is 35.5. The van der Waals surface area contributed by atoms with E-state index in [9.17, 15) is 9.59 Å². The van der Waals surface area contributed by atoms with Crippen molar-refractivity contribution in [2.45, 2.75) is 45.1 Å². The Hall–Kier alpha value is -1.79. The molecule has 0 saturated carbocycles. The maximum absolute atomic E-state index is 12.9. The molecule has 2 aliphatic heterocycles. The van der Waals surface area contributed by atoms with Gasteiger partial charge in [0, 0.05) is 38.1 Å². The van der Waals surface area contributed by atoms with Gasteiger partial charge < -0.3 is 20.3 Å². The molecular weight excluding hydrogens is 390 g/mol. The molecule has 29 heavy (non-hydrogen) atoms. The number of carbonyl (C=O) groups excluding carboxylic acids is 2. The van der Waals surface area contributed by atoms with Crippen molar-refractivity contribution < 1.29 is 14.3 Å². The fourth-order valence-electron chi connectivity index (χ4n) is 4.20. The number of rotatable bonds is 6. The molecule has 2 N–H and O–H groups in total. The number of benzene rings is 1. The molecule has 1 aromatic rings. The van der Waals surface area contributed by atoms with Crippen LogP contribution in [0.25, 0.3) is 0 Å². The van der Waals surface area contributed by atoms with Crippen LogP contribution in [0.2, 0.25) is 0 Å². The average molecular weight is 424 g/mol. The van der Waals surface area contributed by atoms with Crippen molar-refractivity contribution in [3.05, 3.63) is 30.3 Å². The molecule has 6 nitrogen and oxygen atoms in total. The molecule has 2 amide bonds. The maximum atomic E-state index is 12.9. The summed E-state index contributed by atoms with van der Waals surface area (Å²) >= 11 is 0. The number of hydrogen-bond acceptors (Lipinski definition) is 4. The zero-order valence-corrected chi connectivity index (χ0v) is 18.1. The van der Waals surface area contributed by atoms with E-state index in [0.717, 1.165) is 44.5 Å². The number of nitrogens with zero attached hydrogens (tertiary/aromatic N) is 2. The van der Waals surface area contributed by atoms with Crippen molar-refractivity contribution in [2.24, 2.45) is 17.6 Å². The fourth-order valence-corrected chi connectivity index (χ4v) is 4.20. The van der Waals surface area contributed by atoms with Crippen molar-refractivity contribution in [1.29, 1.82) is 0 Å². The second-order valence-electron chi connectivity index (χ2n) is 8.11. The van der Waals surface area contributed by atoms with E-state index in [0.29, 0.717) is 32.0 Å². The molecule has 0 bridgehead atoms. The molecule has 3 rings (SSSR count).